The summed E-state index contributed by atoms with van der Waals surface area (Å²) in [6, 6.07) is 6.83. The van der Waals surface area contributed by atoms with Crippen molar-refractivity contribution < 1.29 is 9.50 Å². The zero-order valence-electron chi connectivity index (χ0n) is 7.99. The summed E-state index contributed by atoms with van der Waals surface area (Å²) in [7, 11) is 0. The Kier molecular flexibility index (Phi) is 2.79. The summed E-state index contributed by atoms with van der Waals surface area (Å²) in [6.07, 6.45) is 2.08. The van der Waals surface area contributed by atoms with E-state index in [1.165, 1.54) is 6.07 Å². The lowest BCUT2D eigenvalue weighted by atomic mass is 10.0. The fourth-order valence-corrected chi connectivity index (χ4v) is 2.09. The van der Waals surface area contributed by atoms with Crippen LogP contribution in [0.3, 0.4) is 0 Å². The van der Waals surface area contributed by atoms with Crippen LogP contribution in [0.2, 0.25) is 0 Å². The minimum Gasteiger partial charge on any atom is -0.381 e. The van der Waals surface area contributed by atoms with Gasteiger partial charge in [0, 0.05) is 12.6 Å². The summed E-state index contributed by atoms with van der Waals surface area (Å²) >= 11 is 0. The van der Waals surface area contributed by atoms with Gasteiger partial charge in [-0.25, -0.2) is 4.39 Å². The maximum absolute atomic E-state index is 13.0. The van der Waals surface area contributed by atoms with Gasteiger partial charge in [-0.3, -0.25) is 4.90 Å². The van der Waals surface area contributed by atoms with Gasteiger partial charge in [-0.05, 0) is 30.5 Å². The first kappa shape index (κ1) is 9.62. The van der Waals surface area contributed by atoms with E-state index < -0.39 is 0 Å². The Morgan fingerprint density at radius 1 is 1.50 bits per heavy atom. The van der Waals surface area contributed by atoms with E-state index in [0.717, 1.165) is 24.9 Å². The van der Waals surface area contributed by atoms with E-state index >= 15 is 0 Å². The molecule has 0 unspecified atom stereocenters. The number of hydrogen-bond acceptors (Lipinski definition) is 2. The Morgan fingerprint density at radius 2 is 2.36 bits per heavy atom. The van der Waals surface area contributed by atoms with Crippen molar-refractivity contribution in [2.75, 3.05) is 13.3 Å². The zero-order chi connectivity index (χ0) is 9.97. The lowest BCUT2D eigenvalue weighted by Gasteiger charge is -2.22. The molecule has 0 aromatic heterocycles. The second kappa shape index (κ2) is 4.07. The molecule has 2 nitrogen and oxygen atoms in total. The van der Waals surface area contributed by atoms with Gasteiger partial charge in [0.15, 0.2) is 0 Å². The number of hydrogen-bond donors (Lipinski definition) is 1. The van der Waals surface area contributed by atoms with Gasteiger partial charge in [0.2, 0.25) is 0 Å². The van der Waals surface area contributed by atoms with E-state index in [-0.39, 0.29) is 18.6 Å². The predicted molar refractivity (Wildman–Crippen MR) is 52.2 cm³/mol. The SMILES string of the molecule is OCN1CCC[C@@H]1c1cccc(F)c1. The first-order valence-corrected chi connectivity index (χ1v) is 4.91. The molecule has 14 heavy (non-hydrogen) atoms. The van der Waals surface area contributed by atoms with Crippen LogP contribution in [-0.4, -0.2) is 23.3 Å². The average Bonchev–Trinajstić information content (AvgIpc) is 2.65. The Hall–Kier alpha value is -0.930. The standard InChI is InChI=1S/C11H14FNO/c12-10-4-1-3-9(7-10)11-5-2-6-13(11)8-14/h1,3-4,7,11,14H,2,5-6,8H2/t11-/m1/s1. The number of aliphatic hydroxyl groups is 1. The molecule has 1 heterocycles. The molecule has 0 saturated carbocycles. The highest BCUT2D eigenvalue weighted by Gasteiger charge is 2.24. The van der Waals surface area contributed by atoms with Gasteiger partial charge < -0.3 is 5.11 Å². The molecule has 2 rings (SSSR count). The fourth-order valence-electron chi connectivity index (χ4n) is 2.09. The normalized spacial score (nSPS) is 22.9. The maximum Gasteiger partial charge on any atom is 0.123 e. The molecule has 1 N–H and O–H groups in total. The number of likely N-dealkylation sites (tertiary alicyclic amines) is 1. The molecular formula is C11H14FNO. The molecule has 3 heteroatoms. The minimum atomic E-state index is -0.202. The highest BCUT2D eigenvalue weighted by molar-refractivity contribution is 5.21. The van der Waals surface area contributed by atoms with Crippen molar-refractivity contribution in [1.29, 1.82) is 0 Å². The third-order valence-corrected chi connectivity index (χ3v) is 2.78. The second-order valence-corrected chi connectivity index (χ2v) is 3.67. The summed E-state index contributed by atoms with van der Waals surface area (Å²) in [5.41, 5.74) is 0.969. The molecule has 1 aliphatic heterocycles. The first-order chi connectivity index (χ1) is 6.81. The van der Waals surface area contributed by atoms with Crippen LogP contribution in [0.25, 0.3) is 0 Å². The smallest absolute Gasteiger partial charge is 0.123 e. The molecule has 1 aliphatic rings. The van der Waals surface area contributed by atoms with Gasteiger partial charge in [0.25, 0.3) is 0 Å². The highest BCUT2D eigenvalue weighted by Crippen LogP contribution is 2.31. The molecule has 1 fully saturated rings. The van der Waals surface area contributed by atoms with Crippen molar-refractivity contribution in [3.8, 4) is 0 Å². The topological polar surface area (TPSA) is 23.5 Å². The van der Waals surface area contributed by atoms with Gasteiger partial charge >= 0.3 is 0 Å². The van der Waals surface area contributed by atoms with Gasteiger partial charge in [-0.15, -0.1) is 0 Å². The van der Waals surface area contributed by atoms with Gasteiger partial charge in [0.05, 0.1) is 6.73 Å². The van der Waals surface area contributed by atoms with Crippen LogP contribution in [0.4, 0.5) is 4.39 Å². The van der Waals surface area contributed by atoms with Crippen molar-refractivity contribution in [2.45, 2.75) is 18.9 Å². The van der Waals surface area contributed by atoms with Crippen LogP contribution < -0.4 is 0 Å². The van der Waals surface area contributed by atoms with Crippen LogP contribution in [0.1, 0.15) is 24.4 Å². The van der Waals surface area contributed by atoms with Gasteiger partial charge in [-0.2, -0.15) is 0 Å². The van der Waals surface area contributed by atoms with Gasteiger partial charge in [0.1, 0.15) is 5.82 Å². The lowest BCUT2D eigenvalue weighted by Crippen LogP contribution is -2.24. The summed E-state index contributed by atoms with van der Waals surface area (Å²) in [4.78, 5) is 1.97. The van der Waals surface area contributed by atoms with E-state index in [9.17, 15) is 4.39 Å². The maximum atomic E-state index is 13.0. The van der Waals surface area contributed by atoms with Crippen molar-refractivity contribution in [3.63, 3.8) is 0 Å². The molecule has 1 atom stereocenters. The second-order valence-electron chi connectivity index (χ2n) is 3.67. The Labute approximate surface area is 83.0 Å². The van der Waals surface area contributed by atoms with Crippen LogP contribution in [-0.2, 0) is 0 Å². The van der Waals surface area contributed by atoms with Crippen LogP contribution in [0, 0.1) is 5.82 Å². The number of aliphatic hydroxyl groups excluding tert-OH is 1. The highest BCUT2D eigenvalue weighted by atomic mass is 19.1. The molecule has 1 saturated heterocycles. The molecule has 0 bridgehead atoms. The number of halogens is 1. The van der Waals surface area contributed by atoms with Crippen molar-refractivity contribution in [1.82, 2.24) is 4.90 Å². The number of rotatable bonds is 2. The lowest BCUT2D eigenvalue weighted by molar-refractivity contribution is 0.0962. The predicted octanol–water partition coefficient (Wildman–Crippen LogP) is 1.91. The summed E-state index contributed by atoms with van der Waals surface area (Å²) in [5, 5.41) is 9.10. The van der Waals surface area contributed by atoms with Crippen LogP contribution in [0.5, 0.6) is 0 Å². The molecule has 0 amide bonds. The summed E-state index contributed by atoms with van der Waals surface area (Å²) in [5.74, 6) is -0.202. The summed E-state index contributed by atoms with van der Waals surface area (Å²) < 4.78 is 13.0. The molecule has 76 valence electrons. The minimum absolute atomic E-state index is 0.0567. The zero-order valence-corrected chi connectivity index (χ0v) is 7.99. The Balaban J connectivity index is 2.21. The number of benzene rings is 1. The molecule has 0 spiro atoms. The van der Waals surface area contributed by atoms with Crippen molar-refractivity contribution in [3.05, 3.63) is 35.6 Å². The molecule has 1 aromatic rings. The van der Waals surface area contributed by atoms with E-state index in [1.54, 1.807) is 12.1 Å². The van der Waals surface area contributed by atoms with E-state index in [4.69, 9.17) is 5.11 Å². The van der Waals surface area contributed by atoms with Crippen molar-refractivity contribution >= 4 is 0 Å². The van der Waals surface area contributed by atoms with Crippen LogP contribution >= 0.6 is 0 Å². The fraction of sp³-hybridized carbons (Fsp3) is 0.455. The largest absolute Gasteiger partial charge is 0.381 e. The van der Waals surface area contributed by atoms with E-state index in [2.05, 4.69) is 0 Å². The molecule has 1 aromatic carbocycles. The first-order valence-electron chi connectivity index (χ1n) is 4.91. The van der Waals surface area contributed by atoms with Gasteiger partial charge in [-0.1, -0.05) is 12.1 Å². The molecule has 0 radical (unpaired) electrons. The Bertz CT molecular complexity index is 316. The third kappa shape index (κ3) is 1.79. The van der Waals surface area contributed by atoms with E-state index in [1.807, 2.05) is 11.0 Å². The molecular weight excluding hydrogens is 181 g/mol. The molecule has 0 aliphatic carbocycles. The average molecular weight is 195 g/mol. The van der Waals surface area contributed by atoms with Crippen molar-refractivity contribution in [2.24, 2.45) is 0 Å². The number of nitrogens with zero attached hydrogens (tertiary/aromatic N) is 1. The van der Waals surface area contributed by atoms with E-state index in [0.29, 0.717) is 0 Å². The van der Waals surface area contributed by atoms with Crippen LogP contribution in [0.15, 0.2) is 24.3 Å². The monoisotopic (exact) mass is 195 g/mol. The summed E-state index contributed by atoms with van der Waals surface area (Å²) in [6.45, 7) is 0.957. The quantitative estimate of drug-likeness (QED) is 0.779. The third-order valence-electron chi connectivity index (χ3n) is 2.78. The Morgan fingerprint density at radius 3 is 3.07 bits per heavy atom.